The van der Waals surface area contributed by atoms with Crippen molar-refractivity contribution < 1.29 is 48.0 Å². The Hall–Kier alpha value is -3.83. The molecule has 0 saturated carbocycles. The second-order valence-corrected chi connectivity index (χ2v) is 8.92. The van der Waals surface area contributed by atoms with Crippen LogP contribution >= 0.6 is 0 Å². The summed E-state index contributed by atoms with van der Waals surface area (Å²) in [7, 11) is 2.71. The smallest absolute Gasteiger partial charge is 0.431 e. The van der Waals surface area contributed by atoms with E-state index in [1.807, 2.05) is 12.4 Å². The highest BCUT2D eigenvalue weighted by atomic mass is 16.7. The first-order valence-corrected chi connectivity index (χ1v) is 12.0. The maximum absolute atomic E-state index is 12.7. The number of fused-ring (bicyclic) bond motifs is 1. The van der Waals surface area contributed by atoms with E-state index < -0.39 is 41.9 Å². The van der Waals surface area contributed by atoms with Gasteiger partial charge in [0.2, 0.25) is 6.29 Å². The minimum Gasteiger partial charge on any atom is -0.506 e. The van der Waals surface area contributed by atoms with Gasteiger partial charge in [-0.3, -0.25) is 4.84 Å². The molecule has 0 aliphatic carbocycles. The van der Waals surface area contributed by atoms with Crippen LogP contribution in [0.25, 0.3) is 11.0 Å². The van der Waals surface area contributed by atoms with E-state index in [9.17, 15) is 19.8 Å². The number of aryl methyl sites for hydroxylation is 1. The maximum atomic E-state index is 12.7. The number of nitrogens with zero attached hydrogens (tertiary/aromatic N) is 1. The van der Waals surface area contributed by atoms with Crippen molar-refractivity contribution in [3.8, 4) is 23.8 Å². The zero-order valence-electron chi connectivity index (χ0n) is 22.5. The molecule has 1 fully saturated rings. The molecule has 3 N–H and O–H groups in total. The van der Waals surface area contributed by atoms with Gasteiger partial charge >= 0.3 is 11.7 Å². The molecular weight excluding hydrogens is 516 g/mol. The van der Waals surface area contributed by atoms with Crippen LogP contribution < -0.4 is 15.8 Å². The molecule has 2 heterocycles. The van der Waals surface area contributed by atoms with Crippen molar-refractivity contribution in [3.05, 3.63) is 33.7 Å². The number of aromatic hydroxyl groups is 1. The normalized spacial score (nSPS) is 25.1. The molecule has 1 saturated heterocycles. The number of hydrogen-bond acceptors (Lipinski definition) is 12. The number of terminal acetylenes is 1. The number of aliphatic hydroxyl groups is 1. The second kappa shape index (κ2) is 12.4. The van der Waals surface area contributed by atoms with E-state index in [-0.39, 0.29) is 40.4 Å². The van der Waals surface area contributed by atoms with Crippen LogP contribution in [0.2, 0.25) is 0 Å². The molecule has 13 nitrogen and oxygen atoms in total. The molecule has 1 aliphatic rings. The molecule has 212 valence electrons. The lowest BCUT2D eigenvalue weighted by Crippen LogP contribution is -2.66. The summed E-state index contributed by atoms with van der Waals surface area (Å²) in [6.07, 6.45) is -0.466. The fourth-order valence-electron chi connectivity index (χ4n) is 4.38. The average Bonchev–Trinajstić information content (AvgIpc) is 2.89. The summed E-state index contributed by atoms with van der Waals surface area (Å²) >= 11 is 0. The Kier molecular flexibility index (Phi) is 9.41. The minimum absolute atomic E-state index is 0.0557. The number of carbonyl (C=O) groups is 1. The van der Waals surface area contributed by atoms with Crippen molar-refractivity contribution in [2.45, 2.75) is 64.3 Å². The number of hydrogen-bond donors (Lipinski definition) is 3. The third kappa shape index (κ3) is 5.94. The van der Waals surface area contributed by atoms with Crippen molar-refractivity contribution in [2.75, 3.05) is 20.8 Å². The lowest BCUT2D eigenvalue weighted by atomic mass is 9.86. The number of methoxy groups -OCH3 is 1. The van der Waals surface area contributed by atoms with Crippen LogP contribution in [-0.2, 0) is 23.9 Å². The summed E-state index contributed by atoms with van der Waals surface area (Å²) in [6.45, 7) is 6.46. The molecule has 0 radical (unpaired) electrons. The Labute approximate surface area is 224 Å². The van der Waals surface area contributed by atoms with Gasteiger partial charge in [-0.2, -0.15) is 5.48 Å². The fourth-order valence-corrected chi connectivity index (χ4v) is 4.38. The zero-order valence-corrected chi connectivity index (χ0v) is 22.5. The predicted molar refractivity (Wildman–Crippen MR) is 137 cm³/mol. The van der Waals surface area contributed by atoms with Gasteiger partial charge in [0.05, 0.1) is 16.7 Å². The SMILES string of the molecule is C#CCONC(=O)O[C@@H]1[C@@H](OC)[C@](C)(CC)OC(Oc2ccc3c(O)c(/C(C)=N/OC)c(=O)oc3c2C)[C@@H]1O. The molecule has 13 heteroatoms. The fraction of sp³-hybridized carbons (Fsp3) is 0.500. The van der Waals surface area contributed by atoms with Crippen molar-refractivity contribution in [3.63, 3.8) is 0 Å². The number of amides is 1. The standard InChI is InChI=1S/C26H32N2O11/c1-8-12-35-28-25(32)38-21-19(30)24(39-26(5,9-2)22(21)33-6)36-16-11-10-15-18(29)17(14(4)27-34-7)23(31)37-20(15)13(16)3/h1,10-11,19,21-22,24,29-30H,9,12H2,2-7H3,(H,28,32)/b27-14+/t19-,21+,22-,24?,26+/m1/s1. The van der Waals surface area contributed by atoms with Crippen LogP contribution in [0, 0.1) is 19.3 Å². The number of hydroxylamine groups is 1. The van der Waals surface area contributed by atoms with E-state index in [1.54, 1.807) is 13.8 Å². The molecule has 3 rings (SSSR count). The molecule has 0 bridgehead atoms. The van der Waals surface area contributed by atoms with Gasteiger partial charge < -0.3 is 38.4 Å². The number of nitrogens with one attached hydrogen (secondary N) is 1. The lowest BCUT2D eigenvalue weighted by Gasteiger charge is -2.48. The summed E-state index contributed by atoms with van der Waals surface area (Å²) in [4.78, 5) is 34.4. The molecule has 1 aromatic heterocycles. The summed E-state index contributed by atoms with van der Waals surface area (Å²) < 4.78 is 28.6. The van der Waals surface area contributed by atoms with Crippen LogP contribution in [0.3, 0.4) is 0 Å². The lowest BCUT2D eigenvalue weighted by molar-refractivity contribution is -0.311. The van der Waals surface area contributed by atoms with E-state index in [4.69, 9.17) is 39.5 Å². The number of carbonyl (C=O) groups excluding carboxylic acids is 1. The average molecular weight is 549 g/mol. The highest BCUT2D eigenvalue weighted by Crippen LogP contribution is 2.39. The Bertz CT molecular complexity index is 1330. The van der Waals surface area contributed by atoms with Crippen molar-refractivity contribution in [1.82, 2.24) is 5.48 Å². The van der Waals surface area contributed by atoms with E-state index in [2.05, 4.69) is 11.1 Å². The Morgan fingerprint density at radius 3 is 2.67 bits per heavy atom. The Morgan fingerprint density at radius 2 is 2.05 bits per heavy atom. The maximum Gasteiger partial charge on any atom is 0.431 e. The molecule has 1 aliphatic heterocycles. The summed E-state index contributed by atoms with van der Waals surface area (Å²) in [5.74, 6) is 2.03. The van der Waals surface area contributed by atoms with Gasteiger partial charge in [-0.25, -0.2) is 9.59 Å². The van der Waals surface area contributed by atoms with Gasteiger partial charge in [0.25, 0.3) is 0 Å². The molecule has 1 unspecified atom stereocenters. The van der Waals surface area contributed by atoms with Crippen LogP contribution in [0.4, 0.5) is 4.79 Å². The van der Waals surface area contributed by atoms with Crippen molar-refractivity contribution >= 4 is 22.8 Å². The number of ether oxygens (including phenoxy) is 4. The summed E-state index contributed by atoms with van der Waals surface area (Å²) in [5, 5.41) is 25.8. The topological polar surface area (TPSA) is 168 Å². The van der Waals surface area contributed by atoms with Gasteiger partial charge in [0.1, 0.15) is 42.5 Å². The largest absolute Gasteiger partial charge is 0.506 e. The van der Waals surface area contributed by atoms with Crippen LogP contribution in [0.15, 0.2) is 26.5 Å². The quantitative estimate of drug-likeness (QED) is 0.138. The molecular formula is C26H32N2O11. The molecule has 2 aromatic rings. The van der Waals surface area contributed by atoms with Gasteiger partial charge in [-0.15, -0.1) is 6.42 Å². The van der Waals surface area contributed by atoms with Crippen molar-refractivity contribution in [1.29, 1.82) is 0 Å². The minimum atomic E-state index is -1.52. The monoisotopic (exact) mass is 548 g/mol. The molecule has 5 atom stereocenters. The van der Waals surface area contributed by atoms with E-state index in [0.29, 0.717) is 12.0 Å². The van der Waals surface area contributed by atoms with Gasteiger partial charge in [0, 0.05) is 12.7 Å². The first-order chi connectivity index (χ1) is 18.5. The first-order valence-electron chi connectivity index (χ1n) is 12.0. The molecule has 39 heavy (non-hydrogen) atoms. The van der Waals surface area contributed by atoms with Gasteiger partial charge in [-0.05, 0) is 39.3 Å². The zero-order chi connectivity index (χ0) is 28.9. The molecule has 1 aromatic carbocycles. The number of rotatable bonds is 9. The Morgan fingerprint density at radius 1 is 1.33 bits per heavy atom. The summed E-state index contributed by atoms with van der Waals surface area (Å²) in [5.41, 5.74) is 0.538. The highest BCUT2D eigenvalue weighted by molar-refractivity contribution is 6.04. The number of aliphatic hydroxyl groups excluding tert-OH is 1. The van der Waals surface area contributed by atoms with Crippen molar-refractivity contribution in [2.24, 2.45) is 5.16 Å². The Balaban J connectivity index is 1.97. The van der Waals surface area contributed by atoms with Crippen LogP contribution in [0.5, 0.6) is 11.5 Å². The third-order valence-electron chi connectivity index (χ3n) is 6.49. The molecule has 0 spiro atoms. The van der Waals surface area contributed by atoms with E-state index >= 15 is 0 Å². The number of oxime groups is 1. The van der Waals surface area contributed by atoms with Crippen LogP contribution in [0.1, 0.15) is 38.3 Å². The first kappa shape index (κ1) is 29.7. The van der Waals surface area contributed by atoms with E-state index in [1.165, 1.54) is 33.3 Å². The van der Waals surface area contributed by atoms with Crippen LogP contribution in [-0.4, -0.2) is 73.0 Å². The van der Waals surface area contributed by atoms with Gasteiger partial charge in [-0.1, -0.05) is 18.0 Å². The second-order valence-electron chi connectivity index (χ2n) is 8.92. The number of benzene rings is 1. The third-order valence-corrected chi connectivity index (χ3v) is 6.49. The van der Waals surface area contributed by atoms with E-state index in [0.717, 1.165) is 0 Å². The molecule has 1 amide bonds. The summed E-state index contributed by atoms with van der Waals surface area (Å²) in [6, 6.07) is 3.00. The predicted octanol–water partition coefficient (Wildman–Crippen LogP) is 2.12. The highest BCUT2D eigenvalue weighted by Gasteiger charge is 2.54. The van der Waals surface area contributed by atoms with Gasteiger partial charge in [0.15, 0.2) is 12.2 Å².